The summed E-state index contributed by atoms with van der Waals surface area (Å²) in [6.45, 7) is 0.359. The first-order valence-corrected chi connectivity index (χ1v) is 7.36. The lowest BCUT2D eigenvalue weighted by Crippen LogP contribution is -2.02. The molecule has 1 N–H and O–H groups in total. The molecule has 0 amide bonds. The Morgan fingerprint density at radius 2 is 2.06 bits per heavy atom. The second-order valence-electron chi connectivity index (χ2n) is 3.44. The van der Waals surface area contributed by atoms with Crippen molar-refractivity contribution in [3.05, 3.63) is 49.0 Å². The van der Waals surface area contributed by atoms with Crippen LogP contribution < -0.4 is 4.74 Å². The third-order valence-electron chi connectivity index (χ3n) is 2.17. The molecule has 94 valence electrons. The van der Waals surface area contributed by atoms with Gasteiger partial charge in [0.15, 0.2) is 0 Å². The Hall–Kier alpha value is -0.850. The van der Waals surface area contributed by atoms with Crippen LogP contribution in [0.5, 0.6) is 5.75 Å². The van der Waals surface area contributed by atoms with Crippen molar-refractivity contribution >= 4 is 49.2 Å². The molecule has 0 saturated heterocycles. The van der Waals surface area contributed by atoms with Crippen LogP contribution in [0.1, 0.15) is 15.2 Å². The number of aromatic carboxylic acids is 1. The van der Waals surface area contributed by atoms with E-state index in [0.29, 0.717) is 16.8 Å². The molecule has 0 spiro atoms. The molecule has 0 unspecified atom stereocenters. The predicted molar refractivity (Wildman–Crippen MR) is 77.5 cm³/mol. The summed E-state index contributed by atoms with van der Waals surface area (Å²) in [4.78, 5) is 12.1. The predicted octanol–water partition coefficient (Wildman–Crippen LogP) is 4.55. The van der Waals surface area contributed by atoms with Crippen LogP contribution in [0, 0.1) is 0 Å². The van der Waals surface area contributed by atoms with Crippen molar-refractivity contribution in [2.24, 2.45) is 0 Å². The highest BCUT2D eigenvalue weighted by Gasteiger charge is 2.12. The van der Waals surface area contributed by atoms with Gasteiger partial charge in [-0.15, -0.1) is 11.3 Å². The highest BCUT2D eigenvalue weighted by molar-refractivity contribution is 9.11. The fourth-order valence-electron chi connectivity index (χ4n) is 1.37. The second-order valence-corrected chi connectivity index (χ2v) is 6.90. The summed E-state index contributed by atoms with van der Waals surface area (Å²) in [5, 5.41) is 9.09. The third-order valence-corrected chi connectivity index (χ3v) is 4.26. The fourth-order valence-corrected chi connectivity index (χ4v) is 3.13. The standard InChI is InChI=1S/C12H8Br2O3S/c13-7-1-3-10(9(5-7)12(15)16)17-6-8-2-4-11(14)18-8/h1-5H,6H2,(H,15,16). The summed E-state index contributed by atoms with van der Waals surface area (Å²) in [6.07, 6.45) is 0. The molecule has 6 heteroatoms. The summed E-state index contributed by atoms with van der Waals surface area (Å²) < 4.78 is 7.28. The number of hydrogen-bond donors (Lipinski definition) is 1. The number of rotatable bonds is 4. The Labute approximate surface area is 125 Å². The largest absolute Gasteiger partial charge is 0.487 e. The maximum Gasteiger partial charge on any atom is 0.339 e. The minimum atomic E-state index is -1.00. The molecule has 0 aliphatic carbocycles. The van der Waals surface area contributed by atoms with Crippen molar-refractivity contribution in [3.8, 4) is 5.75 Å². The SMILES string of the molecule is O=C(O)c1cc(Br)ccc1OCc1ccc(Br)s1. The Kier molecular flexibility index (Phi) is 4.42. The maximum absolute atomic E-state index is 11.1. The van der Waals surface area contributed by atoms with Gasteiger partial charge in [-0.05, 0) is 46.3 Å². The van der Waals surface area contributed by atoms with Crippen molar-refractivity contribution in [2.45, 2.75) is 6.61 Å². The van der Waals surface area contributed by atoms with E-state index >= 15 is 0 Å². The van der Waals surface area contributed by atoms with Crippen molar-refractivity contribution < 1.29 is 14.6 Å². The fraction of sp³-hybridized carbons (Fsp3) is 0.0833. The molecule has 18 heavy (non-hydrogen) atoms. The summed E-state index contributed by atoms with van der Waals surface area (Å²) in [7, 11) is 0. The Morgan fingerprint density at radius 3 is 2.67 bits per heavy atom. The lowest BCUT2D eigenvalue weighted by Gasteiger charge is -2.08. The number of carboxylic acids is 1. The third kappa shape index (κ3) is 3.34. The summed E-state index contributed by atoms with van der Waals surface area (Å²) in [5.74, 6) is -0.631. The van der Waals surface area contributed by atoms with Crippen LogP contribution in [0.25, 0.3) is 0 Å². The van der Waals surface area contributed by atoms with Crippen molar-refractivity contribution in [3.63, 3.8) is 0 Å². The van der Waals surface area contributed by atoms with E-state index in [0.717, 1.165) is 8.66 Å². The number of carboxylic acid groups (broad SMARTS) is 1. The number of benzene rings is 1. The van der Waals surface area contributed by atoms with Gasteiger partial charge in [-0.25, -0.2) is 4.79 Å². The zero-order valence-corrected chi connectivity index (χ0v) is 13.0. The van der Waals surface area contributed by atoms with Gasteiger partial charge in [-0.1, -0.05) is 15.9 Å². The first-order chi connectivity index (χ1) is 8.56. The number of halogens is 2. The van der Waals surface area contributed by atoms with E-state index in [1.807, 2.05) is 12.1 Å². The smallest absolute Gasteiger partial charge is 0.339 e. The molecular formula is C12H8Br2O3S. The number of carbonyl (C=O) groups is 1. The maximum atomic E-state index is 11.1. The van der Waals surface area contributed by atoms with Gasteiger partial charge in [0.2, 0.25) is 0 Å². The number of hydrogen-bond acceptors (Lipinski definition) is 3. The van der Waals surface area contributed by atoms with E-state index in [2.05, 4.69) is 31.9 Å². The molecule has 0 saturated carbocycles. The Morgan fingerprint density at radius 1 is 1.28 bits per heavy atom. The monoisotopic (exact) mass is 390 g/mol. The van der Waals surface area contributed by atoms with Crippen molar-refractivity contribution in [2.75, 3.05) is 0 Å². The normalized spacial score (nSPS) is 10.3. The van der Waals surface area contributed by atoms with E-state index < -0.39 is 5.97 Å². The molecule has 0 aliphatic rings. The van der Waals surface area contributed by atoms with Crippen LogP contribution in [0.4, 0.5) is 0 Å². The highest BCUT2D eigenvalue weighted by atomic mass is 79.9. The van der Waals surface area contributed by atoms with Crippen molar-refractivity contribution in [1.29, 1.82) is 0 Å². The van der Waals surface area contributed by atoms with E-state index in [-0.39, 0.29) is 5.56 Å². The van der Waals surface area contributed by atoms with E-state index in [4.69, 9.17) is 9.84 Å². The lowest BCUT2D eigenvalue weighted by molar-refractivity contribution is 0.0691. The van der Waals surface area contributed by atoms with Gasteiger partial charge in [0.05, 0.1) is 3.79 Å². The van der Waals surface area contributed by atoms with Crippen LogP contribution in [-0.4, -0.2) is 11.1 Å². The Bertz CT molecular complexity index is 580. The first-order valence-electron chi connectivity index (χ1n) is 4.96. The van der Waals surface area contributed by atoms with Crippen LogP contribution in [0.15, 0.2) is 38.6 Å². The molecule has 2 rings (SSSR count). The van der Waals surface area contributed by atoms with Gasteiger partial charge < -0.3 is 9.84 Å². The minimum absolute atomic E-state index is 0.153. The summed E-state index contributed by atoms with van der Waals surface area (Å²) in [6, 6.07) is 8.81. The first kappa shape index (κ1) is 13.6. The van der Waals surface area contributed by atoms with E-state index in [9.17, 15) is 4.79 Å². The quantitative estimate of drug-likeness (QED) is 0.831. The van der Waals surface area contributed by atoms with E-state index in [1.165, 1.54) is 6.07 Å². The average molecular weight is 392 g/mol. The van der Waals surface area contributed by atoms with Crippen LogP contribution in [-0.2, 0) is 6.61 Å². The van der Waals surface area contributed by atoms with Gasteiger partial charge in [0, 0.05) is 9.35 Å². The average Bonchev–Trinajstić information content (AvgIpc) is 2.73. The number of thiophene rings is 1. The lowest BCUT2D eigenvalue weighted by atomic mass is 10.2. The van der Waals surface area contributed by atoms with E-state index in [1.54, 1.807) is 23.5 Å². The molecule has 0 aliphatic heterocycles. The topological polar surface area (TPSA) is 46.5 Å². The van der Waals surface area contributed by atoms with Gasteiger partial charge in [0.25, 0.3) is 0 Å². The molecule has 1 aromatic heterocycles. The van der Waals surface area contributed by atoms with Gasteiger partial charge in [-0.2, -0.15) is 0 Å². The molecule has 0 fully saturated rings. The molecule has 2 aromatic rings. The van der Waals surface area contributed by atoms with Gasteiger partial charge >= 0.3 is 5.97 Å². The molecular weight excluding hydrogens is 384 g/mol. The van der Waals surface area contributed by atoms with Gasteiger partial charge in [0.1, 0.15) is 17.9 Å². The molecule has 0 radical (unpaired) electrons. The molecule has 1 heterocycles. The van der Waals surface area contributed by atoms with Crippen LogP contribution in [0.3, 0.4) is 0 Å². The Balaban J connectivity index is 2.16. The summed E-state index contributed by atoms with van der Waals surface area (Å²) >= 11 is 8.17. The van der Waals surface area contributed by atoms with Crippen molar-refractivity contribution in [1.82, 2.24) is 0 Å². The molecule has 3 nitrogen and oxygen atoms in total. The summed E-state index contributed by atoms with van der Waals surface area (Å²) in [5.41, 5.74) is 0.153. The minimum Gasteiger partial charge on any atom is -0.487 e. The second kappa shape index (κ2) is 5.86. The van der Waals surface area contributed by atoms with Crippen LogP contribution in [0.2, 0.25) is 0 Å². The molecule has 1 aromatic carbocycles. The zero-order valence-electron chi connectivity index (χ0n) is 9.02. The zero-order chi connectivity index (χ0) is 13.1. The van der Waals surface area contributed by atoms with Gasteiger partial charge in [-0.3, -0.25) is 0 Å². The molecule has 0 atom stereocenters. The molecule has 0 bridgehead atoms. The number of ether oxygens (including phenoxy) is 1. The van der Waals surface area contributed by atoms with Crippen LogP contribution >= 0.6 is 43.2 Å². The highest BCUT2D eigenvalue weighted by Crippen LogP contribution is 2.26.